The second kappa shape index (κ2) is 13.8. The lowest BCUT2D eigenvalue weighted by Crippen LogP contribution is -2.66. The second-order valence-corrected chi connectivity index (χ2v) is 12.7. The van der Waals surface area contributed by atoms with Gasteiger partial charge in [-0.1, -0.05) is 37.5 Å². The van der Waals surface area contributed by atoms with Crippen LogP contribution < -0.4 is 20.7 Å². The molecule has 4 fully saturated rings. The summed E-state index contributed by atoms with van der Waals surface area (Å²) in [7, 11) is 0. The van der Waals surface area contributed by atoms with Crippen molar-refractivity contribution in [3.8, 4) is 5.75 Å². The number of amides is 3. The highest BCUT2D eigenvalue weighted by Crippen LogP contribution is 2.33. The van der Waals surface area contributed by atoms with Crippen molar-refractivity contribution < 1.29 is 23.9 Å². The van der Waals surface area contributed by atoms with Crippen LogP contribution >= 0.6 is 0 Å². The molecule has 4 heterocycles. The van der Waals surface area contributed by atoms with Gasteiger partial charge in [0.05, 0.1) is 18.8 Å². The first-order valence-electron chi connectivity index (χ1n) is 16.4. The molecule has 4 aliphatic heterocycles. The smallest absolute Gasteiger partial charge is 0.248 e. The van der Waals surface area contributed by atoms with E-state index >= 15 is 0 Å². The van der Waals surface area contributed by atoms with Gasteiger partial charge >= 0.3 is 0 Å². The van der Waals surface area contributed by atoms with Crippen molar-refractivity contribution in [2.75, 3.05) is 39.4 Å². The van der Waals surface area contributed by atoms with E-state index in [0.29, 0.717) is 32.7 Å². The predicted molar refractivity (Wildman–Crippen MR) is 163 cm³/mol. The maximum atomic E-state index is 14.6. The number of carbonyl (C=O) groups is 3. The van der Waals surface area contributed by atoms with E-state index in [2.05, 4.69) is 20.9 Å². The first-order valence-corrected chi connectivity index (χ1v) is 16.4. The number of nitrogens with zero attached hydrogens (tertiary/aromatic N) is 2. The SMILES string of the molecule is CCOC1CC2CN(C(=O)C(NC(=O)C3CCCN3)C3CCCCC3)C(C(=O)NC=C3CCOc4ccccc43)CN2C1. The number of piperazine rings is 1. The number of ether oxygens (including phenoxy) is 2. The summed E-state index contributed by atoms with van der Waals surface area (Å²) in [6.45, 7) is 5.67. The molecular weight excluding hydrogens is 546 g/mol. The van der Waals surface area contributed by atoms with Gasteiger partial charge < -0.3 is 30.3 Å². The van der Waals surface area contributed by atoms with Gasteiger partial charge in [0.1, 0.15) is 17.8 Å². The van der Waals surface area contributed by atoms with Gasteiger partial charge in [-0.2, -0.15) is 0 Å². The molecule has 10 heteroatoms. The molecule has 1 aromatic carbocycles. The second-order valence-electron chi connectivity index (χ2n) is 12.7. The third-order valence-electron chi connectivity index (χ3n) is 9.98. The molecule has 5 unspecified atom stereocenters. The van der Waals surface area contributed by atoms with Crippen LogP contribution in [-0.4, -0.2) is 97.2 Å². The van der Waals surface area contributed by atoms with Crippen LogP contribution in [0.2, 0.25) is 0 Å². The van der Waals surface area contributed by atoms with Gasteiger partial charge in [-0.15, -0.1) is 0 Å². The van der Waals surface area contributed by atoms with Crippen molar-refractivity contribution in [2.45, 2.75) is 95.0 Å². The normalized spacial score (nSPS) is 29.4. The molecule has 0 spiro atoms. The highest BCUT2D eigenvalue weighted by Gasteiger charge is 2.47. The summed E-state index contributed by atoms with van der Waals surface area (Å²) >= 11 is 0. The van der Waals surface area contributed by atoms with Crippen molar-refractivity contribution in [3.05, 3.63) is 36.0 Å². The number of hydrogen-bond acceptors (Lipinski definition) is 7. The third-order valence-corrected chi connectivity index (χ3v) is 9.98. The summed E-state index contributed by atoms with van der Waals surface area (Å²) < 4.78 is 11.8. The lowest BCUT2D eigenvalue weighted by molar-refractivity contribution is -0.149. The first-order chi connectivity index (χ1) is 21.0. The van der Waals surface area contributed by atoms with Gasteiger partial charge in [-0.3, -0.25) is 19.3 Å². The molecule has 0 radical (unpaired) electrons. The molecule has 10 nitrogen and oxygen atoms in total. The maximum Gasteiger partial charge on any atom is 0.248 e. The Morgan fingerprint density at radius 2 is 1.91 bits per heavy atom. The van der Waals surface area contributed by atoms with Crippen LogP contribution in [-0.2, 0) is 19.1 Å². The number of para-hydroxylation sites is 1. The Kier molecular flexibility index (Phi) is 9.64. The van der Waals surface area contributed by atoms with E-state index in [1.807, 2.05) is 31.2 Å². The molecule has 5 atom stereocenters. The lowest BCUT2D eigenvalue weighted by atomic mass is 9.82. The average Bonchev–Trinajstić information content (AvgIpc) is 3.72. The van der Waals surface area contributed by atoms with E-state index in [4.69, 9.17) is 9.47 Å². The van der Waals surface area contributed by atoms with Crippen LogP contribution in [0.1, 0.15) is 70.3 Å². The Morgan fingerprint density at radius 1 is 1.07 bits per heavy atom. The Hall–Kier alpha value is -2.95. The Morgan fingerprint density at radius 3 is 2.70 bits per heavy atom. The number of nitrogens with one attached hydrogen (secondary N) is 3. The molecule has 1 aromatic rings. The van der Waals surface area contributed by atoms with Gasteiger partial charge in [0.2, 0.25) is 17.7 Å². The van der Waals surface area contributed by atoms with Crippen molar-refractivity contribution in [1.29, 1.82) is 0 Å². The summed E-state index contributed by atoms with van der Waals surface area (Å²) in [5, 5.41) is 9.52. The molecule has 5 aliphatic rings. The zero-order chi connectivity index (χ0) is 29.8. The topological polar surface area (TPSA) is 112 Å². The summed E-state index contributed by atoms with van der Waals surface area (Å²) in [4.78, 5) is 45.9. The highest BCUT2D eigenvalue weighted by molar-refractivity contribution is 5.94. The fraction of sp³-hybridized carbons (Fsp3) is 0.667. The van der Waals surface area contributed by atoms with Crippen LogP contribution in [0, 0.1) is 5.92 Å². The molecule has 3 saturated heterocycles. The minimum atomic E-state index is -0.663. The molecule has 43 heavy (non-hydrogen) atoms. The standard InChI is InChI=1S/C33H47N5O5/c1-2-42-25-17-24-19-38(33(41)30(22-9-4-3-5-10-22)36-31(39)27-12-8-15-34-27)28(21-37(24)20-25)32(40)35-18-23-14-16-43-29-13-7-6-11-26(23)29/h6-7,11,13,18,22,24-25,27-28,30,34H,2-5,8-10,12,14-17,19-21H2,1H3,(H,35,40)(H,36,39). The first kappa shape index (κ1) is 30.1. The van der Waals surface area contributed by atoms with E-state index in [1.54, 1.807) is 11.1 Å². The average molecular weight is 594 g/mol. The number of hydrogen-bond donors (Lipinski definition) is 3. The summed E-state index contributed by atoms with van der Waals surface area (Å²) in [6, 6.07) is 6.43. The minimum absolute atomic E-state index is 0.0777. The van der Waals surface area contributed by atoms with Crippen LogP contribution in [0.25, 0.3) is 5.57 Å². The zero-order valence-corrected chi connectivity index (χ0v) is 25.4. The van der Waals surface area contributed by atoms with Gasteiger partial charge in [0, 0.05) is 50.5 Å². The Bertz CT molecular complexity index is 1190. The fourth-order valence-electron chi connectivity index (χ4n) is 7.71. The quantitative estimate of drug-likeness (QED) is 0.425. The number of carbonyl (C=O) groups excluding carboxylic acids is 3. The van der Waals surface area contributed by atoms with Crippen molar-refractivity contribution in [1.82, 2.24) is 25.8 Å². The molecule has 0 aromatic heterocycles. The van der Waals surface area contributed by atoms with Crippen molar-refractivity contribution >= 4 is 23.3 Å². The monoisotopic (exact) mass is 593 g/mol. The van der Waals surface area contributed by atoms with Crippen molar-refractivity contribution in [3.63, 3.8) is 0 Å². The third kappa shape index (κ3) is 6.76. The molecule has 1 aliphatic carbocycles. The van der Waals surface area contributed by atoms with Crippen LogP contribution in [0.3, 0.4) is 0 Å². The lowest BCUT2D eigenvalue weighted by Gasteiger charge is -2.45. The molecular formula is C33H47N5O5. The summed E-state index contributed by atoms with van der Waals surface area (Å²) in [5.41, 5.74) is 1.99. The summed E-state index contributed by atoms with van der Waals surface area (Å²) in [5.74, 6) is 0.472. The molecule has 6 rings (SSSR count). The summed E-state index contributed by atoms with van der Waals surface area (Å²) in [6.07, 6.45) is 10.2. The minimum Gasteiger partial charge on any atom is -0.493 e. The van der Waals surface area contributed by atoms with E-state index in [0.717, 1.165) is 81.3 Å². The molecule has 1 saturated carbocycles. The Labute approximate surface area is 254 Å². The number of rotatable bonds is 8. The van der Waals surface area contributed by atoms with Gasteiger partial charge in [-0.05, 0) is 63.1 Å². The zero-order valence-electron chi connectivity index (χ0n) is 25.4. The van der Waals surface area contributed by atoms with Gasteiger partial charge in [0.25, 0.3) is 0 Å². The molecule has 234 valence electrons. The predicted octanol–water partition coefficient (Wildman–Crippen LogP) is 2.43. The molecule has 3 N–H and O–H groups in total. The van der Waals surface area contributed by atoms with Gasteiger partial charge in [0.15, 0.2) is 0 Å². The van der Waals surface area contributed by atoms with E-state index in [-0.39, 0.29) is 41.8 Å². The highest BCUT2D eigenvalue weighted by atomic mass is 16.5. The van der Waals surface area contributed by atoms with E-state index < -0.39 is 12.1 Å². The van der Waals surface area contributed by atoms with Crippen LogP contribution in [0.4, 0.5) is 0 Å². The maximum absolute atomic E-state index is 14.6. The Balaban J connectivity index is 1.24. The van der Waals surface area contributed by atoms with Gasteiger partial charge in [-0.25, -0.2) is 0 Å². The number of fused-ring (bicyclic) bond motifs is 2. The van der Waals surface area contributed by atoms with Crippen molar-refractivity contribution in [2.24, 2.45) is 5.92 Å². The largest absolute Gasteiger partial charge is 0.493 e. The molecule has 3 amide bonds. The van der Waals surface area contributed by atoms with Crippen LogP contribution in [0.5, 0.6) is 5.75 Å². The molecule has 0 bridgehead atoms. The van der Waals surface area contributed by atoms with E-state index in [9.17, 15) is 14.4 Å². The van der Waals surface area contributed by atoms with Crippen LogP contribution in [0.15, 0.2) is 30.5 Å². The van der Waals surface area contributed by atoms with E-state index in [1.165, 1.54) is 0 Å². The fourth-order valence-corrected chi connectivity index (χ4v) is 7.71. The number of benzene rings is 1.